The molecule has 6 N–H and O–H groups in total. The monoisotopic (exact) mass is 290 g/mol. The summed E-state index contributed by atoms with van der Waals surface area (Å²) in [6, 6.07) is 0. The molecule has 0 saturated carbocycles. The first-order chi connectivity index (χ1) is 6.93. The third-order valence-corrected chi connectivity index (χ3v) is 1.34. The van der Waals surface area contributed by atoms with E-state index in [4.69, 9.17) is 0 Å². The fourth-order valence-electron chi connectivity index (χ4n) is 0.907. The van der Waals surface area contributed by atoms with Crippen molar-refractivity contribution in [1.29, 1.82) is 0 Å². The van der Waals surface area contributed by atoms with E-state index in [0.29, 0.717) is 5.92 Å². The second-order valence-corrected chi connectivity index (χ2v) is 2.08. The van der Waals surface area contributed by atoms with Gasteiger partial charge in [0.25, 0.3) is 0 Å². The first kappa shape index (κ1) is 24.5. The maximum atomic E-state index is 4.50. The van der Waals surface area contributed by atoms with Gasteiger partial charge in [-0.05, 0) is 39.9 Å². The Morgan fingerprint density at radius 3 is 1.53 bits per heavy atom. The molecule has 15 heavy (non-hydrogen) atoms. The number of allylic oxidation sites excluding steroid dienone is 4. The van der Waals surface area contributed by atoms with Gasteiger partial charge in [-0.2, -0.15) is 0 Å². The summed E-state index contributed by atoms with van der Waals surface area (Å²) in [6.45, 7) is 2.10. The Kier molecular flexibility index (Phi) is 47.7. The van der Waals surface area contributed by atoms with Gasteiger partial charge in [-0.1, -0.05) is 31.2 Å². The summed E-state index contributed by atoms with van der Waals surface area (Å²) < 4.78 is 0. The molecule has 89 valence electrons. The van der Waals surface area contributed by atoms with Crippen molar-refractivity contribution >= 4 is 0 Å². The van der Waals surface area contributed by atoms with Gasteiger partial charge in [-0.3, -0.25) is 0 Å². The maximum Gasteiger partial charge on any atom is 0 e. The predicted octanol–water partition coefficient (Wildman–Crippen LogP) is 1.07. The molecule has 0 aromatic heterocycles. The van der Waals surface area contributed by atoms with Gasteiger partial charge < -0.3 is 17.2 Å². The van der Waals surface area contributed by atoms with Crippen LogP contribution in [0.5, 0.6) is 0 Å². The Bertz CT molecular complexity index is 113. The molecule has 0 aromatic rings. The second-order valence-electron chi connectivity index (χ2n) is 2.08. The predicted molar refractivity (Wildman–Crippen MR) is 66.7 cm³/mol. The van der Waals surface area contributed by atoms with Crippen LogP contribution in [-0.4, -0.2) is 21.1 Å². The molecular weight excluding hydrogens is 265 g/mol. The van der Waals surface area contributed by atoms with E-state index in [1.807, 2.05) is 0 Å². The molecule has 0 bridgehead atoms. The van der Waals surface area contributed by atoms with Crippen LogP contribution < -0.4 is 17.2 Å². The topological polar surface area (TPSA) is 78.1 Å². The fraction of sp³-hybridized carbons (Fsp3) is 0.545. The molecule has 0 heterocycles. The Balaban J connectivity index is -0.0000000755. The van der Waals surface area contributed by atoms with Gasteiger partial charge in [0.1, 0.15) is 0 Å². The van der Waals surface area contributed by atoms with Crippen molar-refractivity contribution in [3.8, 4) is 0 Å². The molecule has 0 fully saturated rings. The van der Waals surface area contributed by atoms with Crippen LogP contribution in [0.15, 0.2) is 24.3 Å². The van der Waals surface area contributed by atoms with E-state index in [1.54, 1.807) is 0 Å². The molecule has 0 amide bonds. The minimum absolute atomic E-state index is 0. The number of hydrogen-bond donors (Lipinski definition) is 3. The van der Waals surface area contributed by atoms with E-state index in [-0.39, 0.29) is 26.2 Å². The molecule has 0 spiro atoms. The molecule has 0 aromatic carbocycles. The third kappa shape index (κ3) is 20.3. The van der Waals surface area contributed by atoms with E-state index >= 15 is 0 Å². The SMILES string of the molecule is CN.CN.CN.C[CH]CC1C=CC=C1.[Zr]. The van der Waals surface area contributed by atoms with Crippen molar-refractivity contribution < 1.29 is 26.2 Å². The van der Waals surface area contributed by atoms with Gasteiger partial charge >= 0.3 is 0 Å². The molecular formula is C11H26N3Zr. The molecule has 3 nitrogen and oxygen atoms in total. The van der Waals surface area contributed by atoms with Crippen molar-refractivity contribution in [3.05, 3.63) is 30.7 Å². The van der Waals surface area contributed by atoms with Gasteiger partial charge in [0.2, 0.25) is 0 Å². The average molecular weight is 292 g/mol. The standard InChI is InChI=1S/C8H11.3CH5N.Zr/c1-2-5-8-6-3-4-7-8;3*1-2;/h2-4,6-8H,5H2,1H3;3*2H2,1H3;. The molecule has 1 aliphatic carbocycles. The zero-order chi connectivity index (χ0) is 11.8. The van der Waals surface area contributed by atoms with Crippen molar-refractivity contribution in [2.45, 2.75) is 13.3 Å². The van der Waals surface area contributed by atoms with Crippen LogP contribution in [0.3, 0.4) is 0 Å². The van der Waals surface area contributed by atoms with Gasteiger partial charge in [0.05, 0.1) is 0 Å². The van der Waals surface area contributed by atoms with E-state index in [9.17, 15) is 0 Å². The van der Waals surface area contributed by atoms with Crippen LogP contribution in [0, 0.1) is 12.3 Å². The van der Waals surface area contributed by atoms with Crippen molar-refractivity contribution in [2.75, 3.05) is 21.1 Å². The Hall–Kier alpha value is 0.243. The summed E-state index contributed by atoms with van der Waals surface area (Å²) >= 11 is 0. The molecule has 0 unspecified atom stereocenters. The number of nitrogens with two attached hydrogens (primary N) is 3. The summed E-state index contributed by atoms with van der Waals surface area (Å²) in [4.78, 5) is 0. The summed E-state index contributed by atoms with van der Waals surface area (Å²) in [5.74, 6) is 0.694. The Labute approximate surface area is 114 Å². The van der Waals surface area contributed by atoms with E-state index < -0.39 is 0 Å². The van der Waals surface area contributed by atoms with Gasteiger partial charge in [0.15, 0.2) is 0 Å². The van der Waals surface area contributed by atoms with Gasteiger partial charge in [0, 0.05) is 26.2 Å². The molecule has 1 aliphatic rings. The first-order valence-electron chi connectivity index (χ1n) is 4.79. The summed E-state index contributed by atoms with van der Waals surface area (Å²) in [6.07, 6.45) is 12.0. The minimum Gasteiger partial charge on any atom is -0.333 e. The van der Waals surface area contributed by atoms with Crippen molar-refractivity contribution in [2.24, 2.45) is 23.1 Å². The number of hydrogen-bond acceptors (Lipinski definition) is 3. The Morgan fingerprint density at radius 1 is 0.933 bits per heavy atom. The summed E-state index contributed by atoms with van der Waals surface area (Å²) in [5.41, 5.74) is 13.5. The van der Waals surface area contributed by atoms with E-state index in [1.165, 1.54) is 27.6 Å². The zero-order valence-electron chi connectivity index (χ0n) is 10.4. The normalized spacial score (nSPS) is 10.9. The summed E-state index contributed by atoms with van der Waals surface area (Å²) in [7, 11) is 4.50. The van der Waals surface area contributed by atoms with Crippen LogP contribution in [-0.2, 0) is 26.2 Å². The first-order valence-corrected chi connectivity index (χ1v) is 4.79. The van der Waals surface area contributed by atoms with Crippen LogP contribution >= 0.6 is 0 Å². The second kappa shape index (κ2) is 29.2. The van der Waals surface area contributed by atoms with Crippen LogP contribution in [0.25, 0.3) is 0 Å². The van der Waals surface area contributed by atoms with Gasteiger partial charge in [-0.15, -0.1) is 0 Å². The molecule has 1 rings (SSSR count). The minimum atomic E-state index is 0. The maximum absolute atomic E-state index is 4.50. The summed E-state index contributed by atoms with van der Waals surface area (Å²) in [5, 5.41) is 0. The molecule has 0 atom stereocenters. The van der Waals surface area contributed by atoms with Crippen molar-refractivity contribution in [1.82, 2.24) is 0 Å². The molecule has 1 radical (unpaired) electrons. The van der Waals surface area contributed by atoms with Crippen LogP contribution in [0.2, 0.25) is 0 Å². The molecule has 0 aliphatic heterocycles. The number of rotatable bonds is 2. The smallest absolute Gasteiger partial charge is 0 e. The third-order valence-electron chi connectivity index (χ3n) is 1.34. The zero-order valence-corrected chi connectivity index (χ0v) is 12.9. The van der Waals surface area contributed by atoms with E-state index in [2.05, 4.69) is 54.8 Å². The van der Waals surface area contributed by atoms with Crippen LogP contribution in [0.1, 0.15) is 13.3 Å². The molecule has 4 heteroatoms. The van der Waals surface area contributed by atoms with Crippen LogP contribution in [0.4, 0.5) is 0 Å². The fourth-order valence-corrected chi connectivity index (χ4v) is 0.907. The largest absolute Gasteiger partial charge is 0.333 e. The van der Waals surface area contributed by atoms with Crippen molar-refractivity contribution in [3.63, 3.8) is 0 Å². The van der Waals surface area contributed by atoms with Gasteiger partial charge in [-0.25, -0.2) is 0 Å². The van der Waals surface area contributed by atoms with E-state index in [0.717, 1.165) is 0 Å². The quantitative estimate of drug-likeness (QED) is 0.712. The molecule has 0 saturated heterocycles. The Morgan fingerprint density at radius 2 is 1.27 bits per heavy atom. The average Bonchev–Trinajstić information content (AvgIpc) is 2.80.